The Kier molecular flexibility index (Phi) is 4.58. The number of anilines is 1. The van der Waals surface area contributed by atoms with E-state index in [2.05, 4.69) is 15.4 Å². The molecule has 0 unspecified atom stereocenters. The average Bonchev–Trinajstić information content (AvgIpc) is 3.27. The quantitative estimate of drug-likeness (QED) is 0.653. The molecule has 1 aliphatic carbocycles. The molecule has 28 heavy (non-hydrogen) atoms. The van der Waals surface area contributed by atoms with Crippen molar-refractivity contribution in [2.45, 2.75) is 38.7 Å². The van der Waals surface area contributed by atoms with Gasteiger partial charge in [-0.1, -0.05) is 0 Å². The van der Waals surface area contributed by atoms with Crippen LogP contribution in [0.4, 0.5) is 14.5 Å². The number of nitrogens with one attached hydrogen (secondary N) is 1. The van der Waals surface area contributed by atoms with E-state index in [-0.39, 0.29) is 27.0 Å². The van der Waals surface area contributed by atoms with Gasteiger partial charge in [-0.3, -0.25) is 14.3 Å². The summed E-state index contributed by atoms with van der Waals surface area (Å²) in [6.45, 7) is 2.49. The van der Waals surface area contributed by atoms with Crippen molar-refractivity contribution < 1.29 is 18.4 Å². The van der Waals surface area contributed by atoms with E-state index in [0.29, 0.717) is 23.1 Å². The van der Waals surface area contributed by atoms with E-state index in [4.69, 9.17) is 5.73 Å². The number of carbonyl (C=O) groups is 2. The highest BCUT2D eigenvalue weighted by atomic mass is 32.1. The number of aromatic nitrogens is 3. The summed E-state index contributed by atoms with van der Waals surface area (Å²) in [5.41, 5.74) is 6.37. The molecule has 0 radical (unpaired) electrons. The summed E-state index contributed by atoms with van der Waals surface area (Å²) in [5.74, 6) is -1.10. The Hall–Kier alpha value is -2.88. The Balaban J connectivity index is 1.84. The number of thiophene rings is 1. The van der Waals surface area contributed by atoms with Gasteiger partial charge in [0.05, 0.1) is 17.4 Å². The van der Waals surface area contributed by atoms with Crippen molar-refractivity contribution in [1.29, 1.82) is 0 Å². The summed E-state index contributed by atoms with van der Waals surface area (Å²) in [6.07, 6.45) is 2.01. The minimum absolute atomic E-state index is 0.0899. The largest absolute Gasteiger partial charge is 0.365 e. The number of fused-ring (bicyclic) bond motifs is 1. The van der Waals surface area contributed by atoms with E-state index < -0.39 is 18.2 Å². The van der Waals surface area contributed by atoms with E-state index >= 15 is 0 Å². The predicted molar refractivity (Wildman–Crippen MR) is 101 cm³/mol. The topological polar surface area (TPSA) is 103 Å². The van der Waals surface area contributed by atoms with Crippen LogP contribution in [0.2, 0.25) is 0 Å². The second-order valence-electron chi connectivity index (χ2n) is 6.60. The van der Waals surface area contributed by atoms with Crippen molar-refractivity contribution in [2.24, 2.45) is 5.73 Å². The molecule has 3 aromatic rings. The van der Waals surface area contributed by atoms with E-state index in [1.807, 2.05) is 6.92 Å². The number of alkyl halides is 2. The van der Waals surface area contributed by atoms with Crippen molar-refractivity contribution in [2.75, 3.05) is 5.32 Å². The molecular formula is C18H17F2N5O2S. The number of rotatable bonds is 6. The van der Waals surface area contributed by atoms with Crippen LogP contribution in [0.5, 0.6) is 0 Å². The van der Waals surface area contributed by atoms with Crippen LogP contribution in [-0.4, -0.2) is 26.6 Å². The van der Waals surface area contributed by atoms with Gasteiger partial charge in [-0.05, 0) is 37.3 Å². The molecular weight excluding hydrogens is 388 g/mol. The fourth-order valence-electron chi connectivity index (χ4n) is 3.11. The van der Waals surface area contributed by atoms with Crippen LogP contribution in [0.1, 0.15) is 63.4 Å². The highest BCUT2D eigenvalue weighted by molar-refractivity contribution is 7.21. The maximum absolute atomic E-state index is 13.3. The molecule has 7 nitrogen and oxygen atoms in total. The zero-order chi connectivity index (χ0) is 20.0. The third-order valence-electron chi connectivity index (χ3n) is 4.63. The predicted octanol–water partition coefficient (Wildman–Crippen LogP) is 3.68. The Morgan fingerprint density at radius 3 is 2.75 bits per heavy atom. The lowest BCUT2D eigenvalue weighted by molar-refractivity contribution is 0.100. The van der Waals surface area contributed by atoms with Gasteiger partial charge in [-0.25, -0.2) is 13.8 Å². The first-order chi connectivity index (χ1) is 13.4. The molecule has 0 aromatic carbocycles. The van der Waals surface area contributed by atoms with Crippen molar-refractivity contribution in [3.8, 4) is 0 Å². The molecule has 0 bridgehead atoms. The maximum Gasteiger partial charge on any atom is 0.280 e. The Bertz CT molecular complexity index is 1090. The summed E-state index contributed by atoms with van der Waals surface area (Å²) in [5, 5.41) is 7.31. The standard InChI is InChI=1S/C18H17F2N5O2S/c1-2-25-7-9(6-22-25)17(27)24-13-12-10(8-3-4-8)5-11(15(19)20)23-18(12)28-14(13)16(21)26/h5-8,15H,2-4H2,1H3,(H2,21,26)(H,24,27). The first-order valence-corrected chi connectivity index (χ1v) is 9.59. The molecule has 3 heterocycles. The van der Waals surface area contributed by atoms with Crippen LogP contribution < -0.4 is 11.1 Å². The molecule has 146 valence electrons. The van der Waals surface area contributed by atoms with Gasteiger partial charge in [-0.15, -0.1) is 11.3 Å². The molecule has 1 fully saturated rings. The van der Waals surface area contributed by atoms with Crippen LogP contribution in [0.15, 0.2) is 18.5 Å². The zero-order valence-corrected chi connectivity index (χ0v) is 15.7. The van der Waals surface area contributed by atoms with Gasteiger partial charge in [0.15, 0.2) is 0 Å². The number of primary amides is 1. The first kappa shape index (κ1) is 18.5. The minimum Gasteiger partial charge on any atom is -0.365 e. The van der Waals surface area contributed by atoms with Crippen LogP contribution >= 0.6 is 11.3 Å². The number of carbonyl (C=O) groups excluding carboxylic acids is 2. The van der Waals surface area contributed by atoms with Crippen molar-refractivity contribution in [1.82, 2.24) is 14.8 Å². The van der Waals surface area contributed by atoms with Gasteiger partial charge in [0.25, 0.3) is 18.2 Å². The SMILES string of the molecule is CCn1cc(C(=O)Nc2c(C(N)=O)sc3nc(C(F)F)cc(C4CC4)c23)cn1. The molecule has 0 spiro atoms. The normalized spacial score (nSPS) is 14.0. The third kappa shape index (κ3) is 3.24. The minimum atomic E-state index is -2.72. The van der Waals surface area contributed by atoms with Gasteiger partial charge in [-0.2, -0.15) is 5.10 Å². The molecule has 10 heteroatoms. The summed E-state index contributed by atoms with van der Waals surface area (Å²) in [4.78, 5) is 29.0. The van der Waals surface area contributed by atoms with Gasteiger partial charge < -0.3 is 11.1 Å². The fourth-order valence-corrected chi connectivity index (χ4v) is 4.13. The second kappa shape index (κ2) is 6.93. The monoisotopic (exact) mass is 405 g/mol. The first-order valence-electron chi connectivity index (χ1n) is 8.78. The van der Waals surface area contributed by atoms with Crippen molar-refractivity contribution >= 4 is 39.1 Å². The summed E-state index contributed by atoms with van der Waals surface area (Å²) in [6, 6.07) is 1.37. The smallest absolute Gasteiger partial charge is 0.280 e. The lowest BCUT2D eigenvalue weighted by Gasteiger charge is -2.09. The lowest BCUT2D eigenvalue weighted by atomic mass is 10.0. The summed E-state index contributed by atoms with van der Waals surface area (Å²) >= 11 is 0.915. The highest BCUT2D eigenvalue weighted by Gasteiger charge is 2.31. The van der Waals surface area contributed by atoms with Gasteiger partial charge in [0.1, 0.15) is 15.4 Å². The van der Waals surface area contributed by atoms with Crippen LogP contribution in [0, 0.1) is 0 Å². The van der Waals surface area contributed by atoms with Crippen LogP contribution in [0.3, 0.4) is 0 Å². The number of aryl methyl sites for hydroxylation is 1. The van der Waals surface area contributed by atoms with E-state index in [0.717, 1.165) is 24.2 Å². The Morgan fingerprint density at radius 2 is 2.18 bits per heavy atom. The number of amides is 2. The Labute approximate surface area is 162 Å². The molecule has 2 amide bonds. The average molecular weight is 405 g/mol. The molecule has 3 N–H and O–H groups in total. The number of halogens is 2. The van der Waals surface area contributed by atoms with Crippen LogP contribution in [-0.2, 0) is 6.54 Å². The molecule has 4 rings (SSSR count). The van der Waals surface area contributed by atoms with Crippen molar-refractivity contribution in [3.63, 3.8) is 0 Å². The van der Waals surface area contributed by atoms with Gasteiger partial charge in [0.2, 0.25) is 0 Å². The third-order valence-corrected chi connectivity index (χ3v) is 5.73. The zero-order valence-electron chi connectivity index (χ0n) is 14.9. The number of pyridine rings is 1. The molecule has 0 aliphatic heterocycles. The molecule has 0 saturated heterocycles. The number of hydrogen-bond donors (Lipinski definition) is 2. The number of nitrogens with two attached hydrogens (primary N) is 1. The van der Waals surface area contributed by atoms with E-state index in [1.54, 1.807) is 10.9 Å². The molecule has 0 atom stereocenters. The fraction of sp³-hybridized carbons (Fsp3) is 0.333. The maximum atomic E-state index is 13.3. The number of nitrogens with zero attached hydrogens (tertiary/aromatic N) is 3. The summed E-state index contributed by atoms with van der Waals surface area (Å²) in [7, 11) is 0. The molecule has 1 aliphatic rings. The molecule has 1 saturated carbocycles. The van der Waals surface area contributed by atoms with Gasteiger partial charge >= 0.3 is 0 Å². The highest BCUT2D eigenvalue weighted by Crippen LogP contribution is 2.48. The second-order valence-corrected chi connectivity index (χ2v) is 7.60. The lowest BCUT2D eigenvalue weighted by Crippen LogP contribution is -2.16. The van der Waals surface area contributed by atoms with Crippen LogP contribution in [0.25, 0.3) is 10.2 Å². The van der Waals surface area contributed by atoms with E-state index in [9.17, 15) is 18.4 Å². The number of hydrogen-bond acceptors (Lipinski definition) is 5. The summed E-state index contributed by atoms with van der Waals surface area (Å²) < 4.78 is 28.1. The van der Waals surface area contributed by atoms with Crippen molar-refractivity contribution in [3.05, 3.63) is 40.2 Å². The Morgan fingerprint density at radius 1 is 1.43 bits per heavy atom. The van der Waals surface area contributed by atoms with Gasteiger partial charge in [0, 0.05) is 18.1 Å². The molecule has 3 aromatic heterocycles. The van der Waals surface area contributed by atoms with E-state index in [1.165, 1.54) is 12.3 Å².